The Morgan fingerprint density at radius 3 is 2.96 bits per heavy atom. The molecular weight excluding hydrogens is 416 g/mol. The topological polar surface area (TPSA) is 105 Å². The predicted molar refractivity (Wildman–Crippen MR) is 96.5 cm³/mol. The quantitative estimate of drug-likeness (QED) is 0.591. The van der Waals surface area contributed by atoms with Gasteiger partial charge in [0.15, 0.2) is 0 Å². The molecule has 0 saturated carbocycles. The van der Waals surface area contributed by atoms with Gasteiger partial charge in [-0.1, -0.05) is 0 Å². The van der Waals surface area contributed by atoms with E-state index in [-0.39, 0.29) is 76.8 Å². The van der Waals surface area contributed by atoms with Gasteiger partial charge in [-0.05, 0) is 38.0 Å². The smallest absolute Gasteiger partial charge is 0.667 e. The number of amides is 1. The predicted octanol–water partition coefficient (Wildman–Crippen LogP) is 0.321. The third kappa shape index (κ3) is 4.01. The van der Waals surface area contributed by atoms with E-state index in [2.05, 4.69) is 20.6 Å². The van der Waals surface area contributed by atoms with E-state index in [1.807, 2.05) is 19.1 Å². The number of imidazole rings is 1. The average Bonchev–Trinajstić information content (AvgIpc) is 2.98. The molecule has 7 nitrogen and oxygen atoms in total. The number of ether oxygens (including phenoxy) is 1. The maximum absolute atomic E-state index is 11.5. The maximum atomic E-state index is 11.5. The number of hydrogen-bond acceptors (Lipinski definition) is 5. The van der Waals surface area contributed by atoms with Crippen LogP contribution in [-0.2, 0) is 16.0 Å². The van der Waals surface area contributed by atoms with Crippen molar-refractivity contribution < 1.29 is 67.7 Å². The number of pyridine rings is 1. The monoisotopic (exact) mass is 433 g/mol. The first kappa shape index (κ1) is 20.6. The van der Waals surface area contributed by atoms with Crippen LogP contribution in [0.1, 0.15) is 37.2 Å². The molecule has 8 heteroatoms. The Bertz CT molecular complexity index is 1060. The first-order valence-electron chi connectivity index (χ1n) is 8.62. The van der Waals surface area contributed by atoms with Gasteiger partial charge >= 0.3 is 58.2 Å². The van der Waals surface area contributed by atoms with Gasteiger partial charge in [-0.2, -0.15) is 5.26 Å². The van der Waals surface area contributed by atoms with Crippen molar-refractivity contribution in [2.24, 2.45) is 0 Å². The van der Waals surface area contributed by atoms with E-state index in [0.29, 0.717) is 23.5 Å². The standard InChI is InChI=1S/C19H19N5O2.Rb/c1-11-6-13(4-5-26-11)24-18(8-17(21)25)23-16-10-22-15-3-2-12(9-20)7-14(15)19(16)24;/h2-3,7,10-11,13H,4-6,8H2,1H3,(H2,21,25);/q;+1/p-1. The van der Waals surface area contributed by atoms with Gasteiger partial charge in [-0.3, -0.25) is 4.98 Å². The molecule has 1 saturated heterocycles. The fourth-order valence-corrected chi connectivity index (χ4v) is 3.77. The van der Waals surface area contributed by atoms with Crippen molar-refractivity contribution in [1.82, 2.24) is 14.5 Å². The molecule has 0 spiro atoms. The minimum absolute atomic E-state index is 0. The van der Waals surface area contributed by atoms with Crippen LogP contribution >= 0.6 is 0 Å². The molecule has 27 heavy (non-hydrogen) atoms. The van der Waals surface area contributed by atoms with Crippen LogP contribution in [0.4, 0.5) is 0 Å². The van der Waals surface area contributed by atoms with E-state index < -0.39 is 5.91 Å². The summed E-state index contributed by atoms with van der Waals surface area (Å²) < 4.78 is 7.75. The van der Waals surface area contributed by atoms with Crippen LogP contribution < -0.4 is 58.2 Å². The van der Waals surface area contributed by atoms with Crippen molar-refractivity contribution in [3.8, 4) is 6.07 Å². The van der Waals surface area contributed by atoms with Crippen LogP contribution in [0.25, 0.3) is 27.7 Å². The molecule has 1 amide bonds. The molecular formula is C19H18N5O2Rb. The van der Waals surface area contributed by atoms with Crippen LogP contribution in [0.5, 0.6) is 0 Å². The second kappa shape index (κ2) is 8.45. The van der Waals surface area contributed by atoms with E-state index in [9.17, 15) is 10.1 Å². The molecule has 4 rings (SSSR count). The Morgan fingerprint density at radius 2 is 2.26 bits per heavy atom. The molecule has 1 aliphatic rings. The van der Waals surface area contributed by atoms with Gasteiger partial charge in [-0.15, -0.1) is 0 Å². The summed E-state index contributed by atoms with van der Waals surface area (Å²) in [6.07, 6.45) is 3.40. The van der Waals surface area contributed by atoms with Crippen molar-refractivity contribution >= 4 is 27.8 Å². The van der Waals surface area contributed by atoms with Crippen LogP contribution in [-0.4, -0.2) is 33.2 Å². The summed E-state index contributed by atoms with van der Waals surface area (Å²) in [5, 5.41) is 10.1. The molecule has 3 aromatic rings. The number of carbonyl (C=O) groups is 1. The first-order chi connectivity index (χ1) is 12.6. The maximum Gasteiger partial charge on any atom is 1.00 e. The zero-order valence-electron chi connectivity index (χ0n) is 15.4. The third-order valence-electron chi connectivity index (χ3n) is 4.86. The summed E-state index contributed by atoms with van der Waals surface area (Å²) >= 11 is 0. The first-order valence-corrected chi connectivity index (χ1v) is 8.62. The Morgan fingerprint density at radius 1 is 1.44 bits per heavy atom. The van der Waals surface area contributed by atoms with Gasteiger partial charge in [-0.25, -0.2) is 4.98 Å². The summed E-state index contributed by atoms with van der Waals surface area (Å²) in [4.78, 5) is 20.5. The van der Waals surface area contributed by atoms with Gasteiger partial charge in [0.2, 0.25) is 0 Å². The van der Waals surface area contributed by atoms with Gasteiger partial charge in [0.1, 0.15) is 11.3 Å². The largest absolute Gasteiger partial charge is 1.00 e. The van der Waals surface area contributed by atoms with E-state index in [1.54, 1.807) is 12.3 Å². The van der Waals surface area contributed by atoms with Crippen LogP contribution in [0.3, 0.4) is 0 Å². The normalized spacial score (nSPS) is 19.6. The molecule has 132 valence electrons. The summed E-state index contributed by atoms with van der Waals surface area (Å²) in [7, 11) is 0. The number of hydrogen-bond donors (Lipinski definition) is 0. The Hall–Kier alpha value is -1.17. The summed E-state index contributed by atoms with van der Waals surface area (Å²) in [5.74, 6) is -0.0904. The number of rotatable bonds is 3. The van der Waals surface area contributed by atoms with E-state index in [1.165, 1.54) is 0 Å². The minimum atomic E-state index is -0.670. The molecule has 1 aromatic carbocycles. The molecule has 3 heterocycles. The van der Waals surface area contributed by atoms with Crippen LogP contribution in [0, 0.1) is 11.3 Å². The van der Waals surface area contributed by atoms with Crippen molar-refractivity contribution in [3.63, 3.8) is 0 Å². The van der Waals surface area contributed by atoms with Crippen molar-refractivity contribution in [1.29, 1.82) is 5.26 Å². The molecule has 0 radical (unpaired) electrons. The number of nitrogens with zero attached hydrogens (tertiary/aromatic N) is 4. The van der Waals surface area contributed by atoms with Crippen molar-refractivity contribution in [2.75, 3.05) is 6.61 Å². The zero-order chi connectivity index (χ0) is 18.3. The van der Waals surface area contributed by atoms with Crippen molar-refractivity contribution in [3.05, 3.63) is 41.5 Å². The molecule has 0 bridgehead atoms. The van der Waals surface area contributed by atoms with E-state index >= 15 is 0 Å². The molecule has 1 N–H and O–H groups in total. The van der Waals surface area contributed by atoms with Gasteiger partial charge in [0.25, 0.3) is 0 Å². The van der Waals surface area contributed by atoms with Gasteiger partial charge < -0.3 is 19.8 Å². The Kier molecular flexibility index (Phi) is 6.44. The van der Waals surface area contributed by atoms with Crippen molar-refractivity contribution in [2.45, 2.75) is 38.3 Å². The zero-order valence-corrected chi connectivity index (χ0v) is 20.3. The molecule has 2 atom stereocenters. The van der Waals surface area contributed by atoms with Gasteiger partial charge in [0.05, 0.1) is 40.9 Å². The summed E-state index contributed by atoms with van der Waals surface area (Å²) in [5.41, 5.74) is 10.3. The molecule has 1 fully saturated rings. The number of nitriles is 1. The fraction of sp³-hybridized carbons (Fsp3) is 0.368. The second-order valence-electron chi connectivity index (χ2n) is 6.69. The molecule has 2 unspecified atom stereocenters. The summed E-state index contributed by atoms with van der Waals surface area (Å²) in [6.45, 7) is 2.68. The number of aromatic nitrogens is 3. The number of benzene rings is 1. The number of carbonyl (C=O) groups excluding carboxylic acids is 1. The Balaban J connectivity index is 0.00000210. The van der Waals surface area contributed by atoms with Crippen LogP contribution in [0.15, 0.2) is 24.4 Å². The molecule has 2 aromatic heterocycles. The fourth-order valence-electron chi connectivity index (χ4n) is 3.77. The summed E-state index contributed by atoms with van der Waals surface area (Å²) in [6, 6.07) is 7.69. The van der Waals surface area contributed by atoms with Crippen LogP contribution in [0.2, 0.25) is 0 Å². The minimum Gasteiger partial charge on any atom is -0.667 e. The van der Waals surface area contributed by atoms with E-state index in [0.717, 1.165) is 29.3 Å². The van der Waals surface area contributed by atoms with E-state index in [4.69, 9.17) is 10.5 Å². The second-order valence-corrected chi connectivity index (χ2v) is 6.69. The third-order valence-corrected chi connectivity index (χ3v) is 4.86. The molecule has 1 aliphatic heterocycles. The Labute approximate surface area is 205 Å². The number of fused-ring (bicyclic) bond motifs is 3. The van der Waals surface area contributed by atoms with Gasteiger partial charge in [0, 0.05) is 24.5 Å². The SMILES string of the molecule is CC1CC(n2c(CC([NH-])=O)nc3cnc4ccc(C#N)cc4c32)CCO1.[Rb+]. The number of nitrogens with one attached hydrogen (secondary N) is 1. The average molecular weight is 434 g/mol. The molecule has 0 aliphatic carbocycles.